The molecule has 0 radical (unpaired) electrons. The zero-order valence-electron chi connectivity index (χ0n) is 18.3. The van der Waals surface area contributed by atoms with Crippen LogP contribution in [0, 0.1) is 18.3 Å². The van der Waals surface area contributed by atoms with Crippen molar-refractivity contribution in [3.63, 3.8) is 0 Å². The topological polar surface area (TPSA) is 111 Å². The Labute approximate surface area is 185 Å². The van der Waals surface area contributed by atoms with Crippen LogP contribution in [0.4, 0.5) is 36.3 Å². The Morgan fingerprint density at radius 2 is 1.94 bits per heavy atom. The fourth-order valence-corrected chi connectivity index (χ4v) is 2.27. The van der Waals surface area contributed by atoms with Crippen molar-refractivity contribution in [3.8, 4) is 12.3 Å². The van der Waals surface area contributed by atoms with Gasteiger partial charge in [-0.05, 0) is 25.1 Å². The van der Waals surface area contributed by atoms with E-state index in [0.717, 1.165) is 0 Å². The molecule has 10 heteroatoms. The minimum atomic E-state index is -4.68. The second kappa shape index (κ2) is 12.1. The molecule has 1 heterocycles. The summed E-state index contributed by atoms with van der Waals surface area (Å²) in [5, 5.41) is 5.41. The van der Waals surface area contributed by atoms with Crippen LogP contribution in [-0.2, 0) is 10.9 Å². The Kier molecular flexibility index (Phi) is 9.89. The molecular formula is C22H27F3N6O. The van der Waals surface area contributed by atoms with Gasteiger partial charge in [0.1, 0.15) is 11.4 Å². The van der Waals surface area contributed by atoms with Crippen molar-refractivity contribution in [1.82, 2.24) is 9.97 Å². The van der Waals surface area contributed by atoms with Gasteiger partial charge in [-0.3, -0.25) is 0 Å². The lowest BCUT2D eigenvalue weighted by Gasteiger charge is -2.16. The molecule has 0 saturated carbocycles. The zero-order chi connectivity index (χ0) is 24.3. The fraction of sp³-hybridized carbons (Fsp3) is 0.273. The number of nitrogens with zero attached hydrogens (tertiary/aromatic N) is 2. The minimum absolute atomic E-state index is 0.0558. The third-order valence-electron chi connectivity index (χ3n) is 3.79. The van der Waals surface area contributed by atoms with Gasteiger partial charge in [-0.2, -0.15) is 18.2 Å². The predicted molar refractivity (Wildman–Crippen MR) is 122 cm³/mol. The van der Waals surface area contributed by atoms with Gasteiger partial charge >= 0.3 is 6.18 Å². The number of alkyl halides is 3. The average molecular weight is 448 g/mol. The van der Waals surface area contributed by atoms with E-state index in [4.69, 9.17) is 22.6 Å². The number of benzene rings is 1. The number of nitrogen functional groups attached to an aromatic ring is 1. The highest BCUT2D eigenvalue weighted by Gasteiger charge is 2.35. The van der Waals surface area contributed by atoms with E-state index >= 15 is 0 Å². The highest BCUT2D eigenvalue weighted by Crippen LogP contribution is 2.36. The first-order chi connectivity index (χ1) is 15.1. The summed E-state index contributed by atoms with van der Waals surface area (Å²) in [5.74, 6) is 1.68. The van der Waals surface area contributed by atoms with Crippen molar-refractivity contribution in [3.05, 3.63) is 59.8 Å². The van der Waals surface area contributed by atoms with Crippen LogP contribution in [0.1, 0.15) is 26.3 Å². The molecule has 1 aromatic carbocycles. The highest BCUT2D eigenvalue weighted by atomic mass is 19.4. The second-order valence-corrected chi connectivity index (χ2v) is 6.12. The summed E-state index contributed by atoms with van der Waals surface area (Å²) in [6, 6.07) is 6.38. The number of hydrogen-bond acceptors (Lipinski definition) is 7. The Morgan fingerprint density at radius 3 is 2.50 bits per heavy atom. The Bertz CT molecular complexity index is 996. The lowest BCUT2D eigenvalue weighted by atomic mass is 10.1. The Balaban J connectivity index is 0.00000249. The van der Waals surface area contributed by atoms with Crippen LogP contribution >= 0.6 is 0 Å². The zero-order valence-corrected chi connectivity index (χ0v) is 18.3. The monoisotopic (exact) mass is 448 g/mol. The molecule has 0 aliphatic rings. The van der Waals surface area contributed by atoms with E-state index in [-0.39, 0.29) is 29.1 Å². The molecule has 6 N–H and O–H groups in total. The lowest BCUT2D eigenvalue weighted by Crippen LogP contribution is -2.14. The van der Waals surface area contributed by atoms with E-state index in [1.165, 1.54) is 19.3 Å². The summed E-state index contributed by atoms with van der Waals surface area (Å²) in [6.07, 6.45) is 4.41. The van der Waals surface area contributed by atoms with Crippen molar-refractivity contribution in [1.29, 1.82) is 0 Å². The minimum Gasteiger partial charge on any atom is -0.483 e. The van der Waals surface area contributed by atoms with Gasteiger partial charge in [0.25, 0.3) is 0 Å². The van der Waals surface area contributed by atoms with Gasteiger partial charge in [0, 0.05) is 23.9 Å². The number of allylic oxidation sites excluding steroid dienone is 2. The molecule has 172 valence electrons. The summed E-state index contributed by atoms with van der Waals surface area (Å²) in [6.45, 7) is 5.75. The number of nitrogens with two attached hydrogens (primary N) is 2. The number of aromatic nitrogens is 2. The van der Waals surface area contributed by atoms with E-state index < -0.39 is 17.6 Å². The molecule has 1 aromatic heterocycles. The lowest BCUT2D eigenvalue weighted by molar-refractivity contribution is -0.137. The third kappa shape index (κ3) is 7.75. The van der Waals surface area contributed by atoms with Gasteiger partial charge in [-0.25, -0.2) is 4.98 Å². The molecular weight excluding hydrogens is 421 g/mol. The number of halogens is 3. The first-order valence-corrected chi connectivity index (χ1v) is 9.66. The summed E-state index contributed by atoms with van der Waals surface area (Å²) in [7, 11) is 1.37. The van der Waals surface area contributed by atoms with Crippen LogP contribution in [0.5, 0.6) is 0 Å². The van der Waals surface area contributed by atoms with Gasteiger partial charge in [-0.15, -0.1) is 6.42 Å². The van der Waals surface area contributed by atoms with E-state index in [9.17, 15) is 13.2 Å². The number of anilines is 4. The molecule has 0 fully saturated rings. The number of methoxy groups -OCH3 is 1. The van der Waals surface area contributed by atoms with Gasteiger partial charge in [0.05, 0.1) is 18.5 Å². The van der Waals surface area contributed by atoms with Crippen LogP contribution in [0.25, 0.3) is 0 Å². The van der Waals surface area contributed by atoms with Crippen molar-refractivity contribution >= 4 is 23.1 Å². The highest BCUT2D eigenvalue weighted by molar-refractivity contribution is 5.72. The summed E-state index contributed by atoms with van der Waals surface area (Å²) in [4.78, 5) is 7.73. The van der Waals surface area contributed by atoms with Gasteiger partial charge in [0.15, 0.2) is 5.88 Å². The number of ether oxygens (including phenoxy) is 1. The molecule has 0 amide bonds. The number of rotatable bonds is 7. The largest absolute Gasteiger partial charge is 0.483 e. The maximum atomic E-state index is 13.4. The predicted octanol–water partition coefficient (Wildman–Crippen LogP) is 4.86. The Hall–Kier alpha value is -3.87. The SMILES string of the molecule is C#CC(C)/C=C(\C=C(/N)OC)Nc1ncc(C(F)(F)F)c(Nc2ccccc2N)n1.CC. The normalized spacial score (nSPS) is 12.7. The molecule has 2 aromatic rings. The molecule has 2 rings (SSSR count). The summed E-state index contributed by atoms with van der Waals surface area (Å²) in [5.41, 5.74) is 11.3. The second-order valence-electron chi connectivity index (χ2n) is 6.12. The quantitative estimate of drug-likeness (QED) is 0.207. The Morgan fingerprint density at radius 1 is 1.28 bits per heavy atom. The fourth-order valence-electron chi connectivity index (χ4n) is 2.27. The molecule has 0 aliphatic heterocycles. The van der Waals surface area contributed by atoms with Crippen LogP contribution in [0.15, 0.2) is 54.2 Å². The molecule has 0 saturated heterocycles. The summed E-state index contributed by atoms with van der Waals surface area (Å²) >= 11 is 0. The van der Waals surface area contributed by atoms with Crippen LogP contribution in [0.2, 0.25) is 0 Å². The van der Waals surface area contributed by atoms with Crippen molar-refractivity contribution in [2.45, 2.75) is 26.9 Å². The van der Waals surface area contributed by atoms with E-state index in [2.05, 4.69) is 26.5 Å². The van der Waals surface area contributed by atoms with E-state index in [1.54, 1.807) is 31.2 Å². The van der Waals surface area contributed by atoms with E-state index in [0.29, 0.717) is 11.9 Å². The standard InChI is InChI=1S/C20H21F3N6O.C2H6/c1-4-12(2)9-13(10-17(25)30-3)27-19-26-11-14(20(21,22)23)18(29-19)28-16-8-6-5-7-15(16)24;1-2/h1,5-12H,24-25H2,2-3H3,(H2,26,27,28,29);1-2H3/b13-9+,17-10+;. The van der Waals surface area contributed by atoms with Gasteiger partial charge in [-0.1, -0.05) is 31.9 Å². The molecule has 7 nitrogen and oxygen atoms in total. The smallest absolute Gasteiger partial charge is 0.421 e. The third-order valence-corrected chi connectivity index (χ3v) is 3.79. The molecule has 0 bridgehead atoms. The maximum Gasteiger partial charge on any atom is 0.421 e. The first-order valence-electron chi connectivity index (χ1n) is 9.66. The van der Waals surface area contributed by atoms with E-state index in [1.807, 2.05) is 13.8 Å². The van der Waals surface area contributed by atoms with Crippen molar-refractivity contribution in [2.75, 3.05) is 23.5 Å². The number of terminal acetylenes is 1. The molecule has 1 unspecified atom stereocenters. The maximum absolute atomic E-state index is 13.4. The van der Waals surface area contributed by atoms with Crippen LogP contribution < -0.4 is 22.1 Å². The van der Waals surface area contributed by atoms with Crippen molar-refractivity contribution in [2.24, 2.45) is 11.7 Å². The van der Waals surface area contributed by atoms with Crippen LogP contribution in [0.3, 0.4) is 0 Å². The molecule has 0 aliphatic carbocycles. The number of para-hydroxylation sites is 2. The summed E-state index contributed by atoms with van der Waals surface area (Å²) < 4.78 is 45.2. The molecule has 0 spiro atoms. The van der Waals surface area contributed by atoms with Gasteiger partial charge in [0.2, 0.25) is 5.95 Å². The molecule has 32 heavy (non-hydrogen) atoms. The van der Waals surface area contributed by atoms with Crippen molar-refractivity contribution < 1.29 is 17.9 Å². The number of hydrogen-bond donors (Lipinski definition) is 4. The van der Waals surface area contributed by atoms with Crippen LogP contribution in [-0.4, -0.2) is 17.1 Å². The average Bonchev–Trinajstić information content (AvgIpc) is 2.75. The van der Waals surface area contributed by atoms with Gasteiger partial charge < -0.3 is 26.8 Å². The first kappa shape index (κ1) is 26.2. The molecule has 1 atom stereocenters. The number of nitrogens with one attached hydrogen (secondary N) is 2.